The van der Waals surface area contributed by atoms with Gasteiger partial charge in [0.2, 0.25) is 0 Å². The molecule has 0 spiro atoms. The van der Waals surface area contributed by atoms with Crippen LogP contribution in [0.15, 0.2) is 41.1 Å². The van der Waals surface area contributed by atoms with E-state index in [2.05, 4.69) is 15.0 Å². The summed E-state index contributed by atoms with van der Waals surface area (Å²) in [6.07, 6.45) is 1.37. The molecule has 88 valence electrons. The van der Waals surface area contributed by atoms with Crippen molar-refractivity contribution in [1.29, 1.82) is 0 Å². The Hall–Kier alpha value is -2.50. The first-order valence-corrected chi connectivity index (χ1v) is 4.92. The van der Waals surface area contributed by atoms with Gasteiger partial charge in [0, 0.05) is 17.8 Å². The molecule has 1 aromatic carbocycles. The third-order valence-electron chi connectivity index (χ3n) is 1.93. The number of nitrogens with two attached hydrogens (primary N) is 1. The Kier molecular flexibility index (Phi) is 3.25. The second-order valence-electron chi connectivity index (χ2n) is 3.29. The standard InChI is InChI=1S/C11H11N3O3/c12-8-2-1-3-9(6-8)16-7-11(15)13-10-4-5-17-14-10/h1-6H,7,12H2,(H,13,14,15). The lowest BCUT2D eigenvalue weighted by Gasteiger charge is -2.05. The molecule has 0 saturated carbocycles. The highest BCUT2D eigenvalue weighted by molar-refractivity contribution is 5.90. The molecule has 2 rings (SSSR count). The van der Waals surface area contributed by atoms with Crippen molar-refractivity contribution in [1.82, 2.24) is 5.16 Å². The Morgan fingerprint density at radius 1 is 1.47 bits per heavy atom. The number of hydrogen-bond acceptors (Lipinski definition) is 5. The number of rotatable bonds is 4. The molecule has 0 saturated heterocycles. The predicted molar refractivity (Wildman–Crippen MR) is 61.5 cm³/mol. The van der Waals surface area contributed by atoms with Crippen LogP contribution in [0.3, 0.4) is 0 Å². The largest absolute Gasteiger partial charge is 0.484 e. The molecule has 17 heavy (non-hydrogen) atoms. The average Bonchev–Trinajstić information content (AvgIpc) is 2.79. The lowest BCUT2D eigenvalue weighted by Crippen LogP contribution is -2.20. The average molecular weight is 233 g/mol. The first-order valence-electron chi connectivity index (χ1n) is 4.92. The molecular formula is C11H11N3O3. The highest BCUT2D eigenvalue weighted by Gasteiger charge is 2.05. The minimum Gasteiger partial charge on any atom is -0.484 e. The van der Waals surface area contributed by atoms with E-state index in [-0.39, 0.29) is 12.5 Å². The van der Waals surface area contributed by atoms with E-state index in [1.54, 1.807) is 30.3 Å². The molecule has 6 heteroatoms. The van der Waals surface area contributed by atoms with Crippen LogP contribution in [0.4, 0.5) is 11.5 Å². The smallest absolute Gasteiger partial charge is 0.263 e. The molecule has 0 aliphatic rings. The number of nitrogens with one attached hydrogen (secondary N) is 1. The second kappa shape index (κ2) is 5.02. The minimum atomic E-state index is -0.318. The molecular weight excluding hydrogens is 222 g/mol. The van der Waals surface area contributed by atoms with Gasteiger partial charge in [-0.3, -0.25) is 4.79 Å². The second-order valence-corrected chi connectivity index (χ2v) is 3.29. The topological polar surface area (TPSA) is 90.4 Å². The van der Waals surface area contributed by atoms with Crippen LogP contribution >= 0.6 is 0 Å². The lowest BCUT2D eigenvalue weighted by atomic mass is 10.3. The molecule has 0 radical (unpaired) electrons. The molecule has 0 aliphatic heterocycles. The Balaban J connectivity index is 1.84. The lowest BCUT2D eigenvalue weighted by molar-refractivity contribution is -0.118. The Morgan fingerprint density at radius 2 is 2.35 bits per heavy atom. The fraction of sp³-hybridized carbons (Fsp3) is 0.0909. The first-order chi connectivity index (χ1) is 8.24. The monoisotopic (exact) mass is 233 g/mol. The zero-order chi connectivity index (χ0) is 12.1. The summed E-state index contributed by atoms with van der Waals surface area (Å²) in [6, 6.07) is 8.39. The van der Waals surface area contributed by atoms with Crippen molar-refractivity contribution in [2.24, 2.45) is 0 Å². The number of ether oxygens (including phenoxy) is 1. The van der Waals surface area contributed by atoms with Gasteiger partial charge in [0.05, 0.1) is 0 Å². The zero-order valence-electron chi connectivity index (χ0n) is 8.92. The summed E-state index contributed by atoms with van der Waals surface area (Å²) in [5, 5.41) is 6.05. The van der Waals surface area contributed by atoms with Crippen LogP contribution in [0, 0.1) is 0 Å². The Morgan fingerprint density at radius 3 is 3.06 bits per heavy atom. The normalized spacial score (nSPS) is 9.88. The number of carbonyl (C=O) groups is 1. The van der Waals surface area contributed by atoms with Gasteiger partial charge in [0.25, 0.3) is 5.91 Å². The molecule has 1 amide bonds. The number of aromatic nitrogens is 1. The SMILES string of the molecule is Nc1cccc(OCC(=O)Nc2ccon2)c1. The van der Waals surface area contributed by atoms with Crippen LogP contribution in [0.2, 0.25) is 0 Å². The number of benzene rings is 1. The van der Waals surface area contributed by atoms with Crippen LogP contribution in [-0.2, 0) is 4.79 Å². The fourth-order valence-electron chi connectivity index (χ4n) is 1.21. The van der Waals surface area contributed by atoms with Gasteiger partial charge in [0.15, 0.2) is 12.4 Å². The summed E-state index contributed by atoms with van der Waals surface area (Å²) < 4.78 is 9.82. The third kappa shape index (κ3) is 3.23. The van der Waals surface area contributed by atoms with Gasteiger partial charge in [-0.25, -0.2) is 0 Å². The first kappa shape index (κ1) is 11.0. The molecule has 1 aromatic heterocycles. The fourth-order valence-corrected chi connectivity index (χ4v) is 1.21. The number of anilines is 2. The quantitative estimate of drug-likeness (QED) is 0.776. The summed E-state index contributed by atoms with van der Waals surface area (Å²) in [5.41, 5.74) is 6.15. The summed E-state index contributed by atoms with van der Waals surface area (Å²) in [4.78, 5) is 11.4. The van der Waals surface area contributed by atoms with E-state index in [9.17, 15) is 4.79 Å². The Labute approximate surface area is 97.3 Å². The van der Waals surface area contributed by atoms with E-state index < -0.39 is 0 Å². The van der Waals surface area contributed by atoms with Crippen molar-refractivity contribution in [2.75, 3.05) is 17.7 Å². The van der Waals surface area contributed by atoms with Gasteiger partial charge < -0.3 is 20.3 Å². The molecule has 0 fully saturated rings. The molecule has 1 heterocycles. The third-order valence-corrected chi connectivity index (χ3v) is 1.93. The molecule has 3 N–H and O–H groups in total. The maximum absolute atomic E-state index is 11.4. The van der Waals surface area contributed by atoms with Crippen molar-refractivity contribution in [3.63, 3.8) is 0 Å². The number of amides is 1. The van der Waals surface area contributed by atoms with Crippen LogP contribution in [-0.4, -0.2) is 17.7 Å². The van der Waals surface area contributed by atoms with E-state index in [1.807, 2.05) is 0 Å². The molecule has 0 atom stereocenters. The van der Waals surface area contributed by atoms with Crippen molar-refractivity contribution in [3.05, 3.63) is 36.6 Å². The number of nitrogens with zero attached hydrogens (tertiary/aromatic N) is 1. The van der Waals surface area contributed by atoms with Gasteiger partial charge in [-0.2, -0.15) is 0 Å². The summed E-state index contributed by atoms with van der Waals surface area (Å²) in [7, 11) is 0. The summed E-state index contributed by atoms with van der Waals surface area (Å²) in [5.74, 6) is 0.577. The number of carbonyl (C=O) groups excluding carboxylic acids is 1. The predicted octanol–water partition coefficient (Wildman–Crippen LogP) is 1.27. The molecule has 0 bridgehead atoms. The van der Waals surface area contributed by atoms with Crippen molar-refractivity contribution < 1.29 is 14.1 Å². The van der Waals surface area contributed by atoms with E-state index >= 15 is 0 Å². The van der Waals surface area contributed by atoms with E-state index in [4.69, 9.17) is 10.5 Å². The van der Waals surface area contributed by atoms with Crippen molar-refractivity contribution >= 4 is 17.4 Å². The Bertz CT molecular complexity index is 496. The molecule has 0 aliphatic carbocycles. The highest BCUT2D eigenvalue weighted by atomic mass is 16.5. The summed E-state index contributed by atoms with van der Waals surface area (Å²) >= 11 is 0. The van der Waals surface area contributed by atoms with Crippen molar-refractivity contribution in [3.8, 4) is 5.75 Å². The van der Waals surface area contributed by atoms with Crippen LogP contribution in [0.5, 0.6) is 5.75 Å². The maximum atomic E-state index is 11.4. The van der Waals surface area contributed by atoms with Gasteiger partial charge in [0.1, 0.15) is 12.0 Å². The van der Waals surface area contributed by atoms with E-state index in [1.165, 1.54) is 6.26 Å². The van der Waals surface area contributed by atoms with Gasteiger partial charge >= 0.3 is 0 Å². The minimum absolute atomic E-state index is 0.115. The van der Waals surface area contributed by atoms with E-state index in [0.29, 0.717) is 17.3 Å². The van der Waals surface area contributed by atoms with Crippen LogP contribution < -0.4 is 15.8 Å². The molecule has 2 aromatic rings. The van der Waals surface area contributed by atoms with Crippen LogP contribution in [0.25, 0.3) is 0 Å². The van der Waals surface area contributed by atoms with Gasteiger partial charge in [-0.1, -0.05) is 11.2 Å². The maximum Gasteiger partial charge on any atom is 0.263 e. The highest BCUT2D eigenvalue weighted by Crippen LogP contribution is 2.14. The van der Waals surface area contributed by atoms with Crippen LogP contribution in [0.1, 0.15) is 0 Å². The van der Waals surface area contributed by atoms with Gasteiger partial charge in [-0.05, 0) is 12.1 Å². The van der Waals surface area contributed by atoms with E-state index in [0.717, 1.165) is 0 Å². The van der Waals surface area contributed by atoms with Crippen molar-refractivity contribution in [2.45, 2.75) is 0 Å². The number of nitrogen functional groups attached to an aromatic ring is 1. The zero-order valence-corrected chi connectivity index (χ0v) is 8.92. The number of hydrogen-bond donors (Lipinski definition) is 2. The van der Waals surface area contributed by atoms with Gasteiger partial charge in [-0.15, -0.1) is 0 Å². The molecule has 6 nitrogen and oxygen atoms in total. The molecule has 0 unspecified atom stereocenters. The summed E-state index contributed by atoms with van der Waals surface area (Å²) in [6.45, 7) is -0.115.